The maximum atomic E-state index is 12.2. The maximum absolute atomic E-state index is 12.2. The minimum Gasteiger partial charge on any atom is -0.339 e. The number of alkyl halides is 1. The maximum Gasteiger partial charge on any atom is 0.254 e. The van der Waals surface area contributed by atoms with Crippen LogP contribution in [0.1, 0.15) is 28.8 Å². The van der Waals surface area contributed by atoms with E-state index in [1.807, 2.05) is 23.1 Å². The Morgan fingerprint density at radius 3 is 2.94 bits per heavy atom. The number of carbonyl (C=O) groups excluding carboxylic acids is 1. The zero-order chi connectivity index (χ0) is 11.4. The van der Waals surface area contributed by atoms with E-state index in [2.05, 4.69) is 6.07 Å². The SMILES string of the molecule is O=C1c2ccccc2CCCN1CCCCl. The molecule has 2 nitrogen and oxygen atoms in total. The molecule has 0 bridgehead atoms. The summed E-state index contributed by atoms with van der Waals surface area (Å²) < 4.78 is 0. The van der Waals surface area contributed by atoms with Crippen LogP contribution in [-0.2, 0) is 6.42 Å². The largest absolute Gasteiger partial charge is 0.339 e. The van der Waals surface area contributed by atoms with Gasteiger partial charge in [-0.15, -0.1) is 11.6 Å². The summed E-state index contributed by atoms with van der Waals surface area (Å²) in [5, 5.41) is 0. The van der Waals surface area contributed by atoms with Crippen molar-refractivity contribution in [1.29, 1.82) is 0 Å². The molecule has 0 aliphatic carbocycles. The number of fused-ring (bicyclic) bond motifs is 1. The molecule has 16 heavy (non-hydrogen) atoms. The summed E-state index contributed by atoms with van der Waals surface area (Å²) >= 11 is 5.67. The molecule has 0 atom stereocenters. The van der Waals surface area contributed by atoms with Crippen molar-refractivity contribution in [2.75, 3.05) is 19.0 Å². The molecule has 0 saturated carbocycles. The van der Waals surface area contributed by atoms with Crippen LogP contribution in [0.5, 0.6) is 0 Å². The van der Waals surface area contributed by atoms with E-state index in [-0.39, 0.29) is 5.91 Å². The van der Waals surface area contributed by atoms with Crippen molar-refractivity contribution in [3.05, 3.63) is 35.4 Å². The Balaban J connectivity index is 2.20. The molecule has 86 valence electrons. The third-order valence-electron chi connectivity index (χ3n) is 2.97. The molecule has 1 heterocycles. The Morgan fingerprint density at radius 2 is 2.12 bits per heavy atom. The van der Waals surface area contributed by atoms with Crippen molar-refractivity contribution >= 4 is 17.5 Å². The molecule has 0 saturated heterocycles. The fraction of sp³-hybridized carbons (Fsp3) is 0.462. The Labute approximate surface area is 101 Å². The van der Waals surface area contributed by atoms with Crippen LogP contribution >= 0.6 is 11.6 Å². The summed E-state index contributed by atoms with van der Waals surface area (Å²) in [5.41, 5.74) is 2.05. The lowest BCUT2D eigenvalue weighted by Crippen LogP contribution is -2.32. The number of hydrogen-bond acceptors (Lipinski definition) is 1. The second-order valence-corrected chi connectivity index (χ2v) is 4.47. The van der Waals surface area contributed by atoms with E-state index in [0.29, 0.717) is 5.88 Å². The lowest BCUT2D eigenvalue weighted by molar-refractivity contribution is 0.0761. The normalized spacial score (nSPS) is 15.8. The van der Waals surface area contributed by atoms with Gasteiger partial charge in [-0.2, -0.15) is 0 Å². The van der Waals surface area contributed by atoms with Gasteiger partial charge in [-0.3, -0.25) is 4.79 Å². The number of halogens is 1. The van der Waals surface area contributed by atoms with Gasteiger partial charge in [-0.1, -0.05) is 18.2 Å². The van der Waals surface area contributed by atoms with Crippen LogP contribution in [0.4, 0.5) is 0 Å². The average molecular weight is 238 g/mol. The molecule has 0 unspecified atom stereocenters. The minimum atomic E-state index is 0.165. The van der Waals surface area contributed by atoms with Gasteiger partial charge in [0.25, 0.3) is 5.91 Å². The summed E-state index contributed by atoms with van der Waals surface area (Å²) in [6.45, 7) is 1.63. The molecule has 1 aromatic carbocycles. The highest BCUT2D eigenvalue weighted by molar-refractivity contribution is 6.17. The van der Waals surface area contributed by atoms with Crippen LogP contribution in [0.3, 0.4) is 0 Å². The topological polar surface area (TPSA) is 20.3 Å². The van der Waals surface area contributed by atoms with E-state index in [0.717, 1.165) is 37.9 Å². The van der Waals surface area contributed by atoms with Gasteiger partial charge in [-0.05, 0) is 30.9 Å². The lowest BCUT2D eigenvalue weighted by atomic mass is 10.0. The molecule has 0 N–H and O–H groups in total. The number of nitrogens with zero attached hydrogens (tertiary/aromatic N) is 1. The Kier molecular flexibility index (Phi) is 3.83. The zero-order valence-corrected chi connectivity index (χ0v) is 10.0. The summed E-state index contributed by atoms with van der Waals surface area (Å²) in [7, 11) is 0. The highest BCUT2D eigenvalue weighted by Crippen LogP contribution is 2.18. The Bertz CT molecular complexity index is 376. The van der Waals surface area contributed by atoms with Gasteiger partial charge in [0, 0.05) is 24.5 Å². The van der Waals surface area contributed by atoms with Crippen LogP contribution in [0.15, 0.2) is 24.3 Å². The van der Waals surface area contributed by atoms with Gasteiger partial charge in [0.15, 0.2) is 0 Å². The smallest absolute Gasteiger partial charge is 0.254 e. The molecule has 3 heteroatoms. The first-order chi connectivity index (χ1) is 7.83. The van der Waals surface area contributed by atoms with Crippen LogP contribution in [0.25, 0.3) is 0 Å². The quantitative estimate of drug-likeness (QED) is 0.741. The van der Waals surface area contributed by atoms with Gasteiger partial charge in [0.05, 0.1) is 0 Å². The standard InChI is InChI=1S/C13H16ClNO/c14-8-4-10-15-9-3-6-11-5-1-2-7-12(11)13(15)16/h1-2,5,7H,3-4,6,8-10H2. The molecular formula is C13H16ClNO. The number of amides is 1. The molecule has 0 fully saturated rings. The van der Waals surface area contributed by atoms with Crippen LogP contribution in [-0.4, -0.2) is 29.8 Å². The first-order valence-electron chi connectivity index (χ1n) is 5.76. The van der Waals surface area contributed by atoms with Gasteiger partial charge in [0.2, 0.25) is 0 Å². The van der Waals surface area contributed by atoms with Gasteiger partial charge in [0.1, 0.15) is 0 Å². The number of carbonyl (C=O) groups is 1. The predicted molar refractivity (Wildman–Crippen MR) is 66.0 cm³/mol. The third kappa shape index (κ3) is 2.38. The third-order valence-corrected chi connectivity index (χ3v) is 3.24. The molecular weight excluding hydrogens is 222 g/mol. The molecule has 1 aliphatic rings. The van der Waals surface area contributed by atoms with Crippen LogP contribution in [0, 0.1) is 0 Å². The van der Waals surface area contributed by atoms with E-state index in [1.54, 1.807) is 0 Å². The van der Waals surface area contributed by atoms with Crippen molar-refractivity contribution in [1.82, 2.24) is 4.90 Å². The molecule has 0 spiro atoms. The van der Waals surface area contributed by atoms with E-state index in [1.165, 1.54) is 5.56 Å². The molecule has 2 rings (SSSR count). The van der Waals surface area contributed by atoms with Gasteiger partial charge < -0.3 is 4.90 Å². The molecule has 0 radical (unpaired) electrons. The summed E-state index contributed by atoms with van der Waals surface area (Å²) in [6, 6.07) is 7.91. The molecule has 1 amide bonds. The average Bonchev–Trinajstić information content (AvgIpc) is 2.47. The fourth-order valence-corrected chi connectivity index (χ4v) is 2.26. The van der Waals surface area contributed by atoms with Crippen LogP contribution < -0.4 is 0 Å². The number of hydrogen-bond donors (Lipinski definition) is 0. The Hall–Kier alpha value is -1.02. The van der Waals surface area contributed by atoms with Crippen molar-refractivity contribution in [3.63, 3.8) is 0 Å². The van der Waals surface area contributed by atoms with E-state index in [9.17, 15) is 4.79 Å². The predicted octanol–water partition coefficient (Wildman–Crippen LogP) is 2.70. The second kappa shape index (κ2) is 5.35. The van der Waals surface area contributed by atoms with E-state index in [4.69, 9.17) is 11.6 Å². The lowest BCUT2D eigenvalue weighted by Gasteiger charge is -2.20. The van der Waals surface area contributed by atoms with Crippen LogP contribution in [0.2, 0.25) is 0 Å². The number of rotatable bonds is 3. The van der Waals surface area contributed by atoms with Crippen molar-refractivity contribution in [2.45, 2.75) is 19.3 Å². The first-order valence-corrected chi connectivity index (χ1v) is 6.29. The molecule has 0 aromatic heterocycles. The summed E-state index contributed by atoms with van der Waals surface area (Å²) in [4.78, 5) is 14.2. The summed E-state index contributed by atoms with van der Waals surface area (Å²) in [5.74, 6) is 0.782. The summed E-state index contributed by atoms with van der Waals surface area (Å²) in [6.07, 6.45) is 2.92. The minimum absolute atomic E-state index is 0.165. The fourth-order valence-electron chi connectivity index (χ4n) is 2.14. The van der Waals surface area contributed by atoms with Gasteiger partial charge >= 0.3 is 0 Å². The Morgan fingerprint density at radius 1 is 1.31 bits per heavy atom. The van der Waals surface area contributed by atoms with Crippen molar-refractivity contribution < 1.29 is 4.79 Å². The highest BCUT2D eigenvalue weighted by Gasteiger charge is 2.20. The van der Waals surface area contributed by atoms with E-state index >= 15 is 0 Å². The van der Waals surface area contributed by atoms with Gasteiger partial charge in [-0.25, -0.2) is 0 Å². The van der Waals surface area contributed by atoms with Crippen molar-refractivity contribution in [3.8, 4) is 0 Å². The molecule has 1 aliphatic heterocycles. The second-order valence-electron chi connectivity index (χ2n) is 4.10. The highest BCUT2D eigenvalue weighted by atomic mass is 35.5. The molecule has 1 aromatic rings. The number of benzene rings is 1. The first kappa shape index (κ1) is 11.5. The van der Waals surface area contributed by atoms with E-state index < -0.39 is 0 Å². The number of aryl methyl sites for hydroxylation is 1. The monoisotopic (exact) mass is 237 g/mol. The van der Waals surface area contributed by atoms with Crippen molar-refractivity contribution in [2.24, 2.45) is 0 Å². The zero-order valence-electron chi connectivity index (χ0n) is 9.29.